The molecule has 4 N–H and O–H groups in total. The molecule has 0 bridgehead atoms. The molecule has 0 unspecified atom stereocenters. The highest BCUT2D eigenvalue weighted by atomic mass is 16.5. The molecule has 0 saturated carbocycles. The van der Waals surface area contributed by atoms with Gasteiger partial charge in [-0.3, -0.25) is 4.79 Å². The fourth-order valence-electron chi connectivity index (χ4n) is 1.15. The molecule has 0 aliphatic heterocycles. The Morgan fingerprint density at radius 3 is 2.56 bits per heavy atom. The van der Waals surface area contributed by atoms with E-state index in [4.69, 9.17) is 15.6 Å². The van der Waals surface area contributed by atoms with Crippen LogP contribution in [0.15, 0.2) is 0 Å². The lowest BCUT2D eigenvalue weighted by atomic mass is 10.0. The van der Waals surface area contributed by atoms with Crippen molar-refractivity contribution in [3.05, 3.63) is 0 Å². The summed E-state index contributed by atoms with van der Waals surface area (Å²) in [6, 6.07) is -0.514. The Morgan fingerprint density at radius 1 is 1.44 bits per heavy atom. The minimum absolute atomic E-state index is 0.173. The second-order valence-electron chi connectivity index (χ2n) is 3.97. The van der Waals surface area contributed by atoms with Gasteiger partial charge in [-0.05, 0) is 12.3 Å². The van der Waals surface area contributed by atoms with Gasteiger partial charge in [-0.15, -0.1) is 0 Å². The Balaban J connectivity index is 3.53. The van der Waals surface area contributed by atoms with Crippen molar-refractivity contribution in [3.8, 4) is 0 Å². The summed E-state index contributed by atoms with van der Waals surface area (Å²) in [6.07, 6.45) is 0.627. The normalized spacial score (nSPS) is 12.5. The summed E-state index contributed by atoms with van der Waals surface area (Å²) in [7, 11) is 0. The van der Waals surface area contributed by atoms with Crippen LogP contribution >= 0.6 is 0 Å². The molecule has 0 fully saturated rings. The summed E-state index contributed by atoms with van der Waals surface area (Å²) < 4.78 is 4.75. The molecule has 94 valence electrons. The van der Waals surface area contributed by atoms with Crippen LogP contribution in [0.4, 0.5) is 0 Å². The molecule has 1 atom stereocenters. The summed E-state index contributed by atoms with van der Waals surface area (Å²) in [4.78, 5) is 21.5. The first-order chi connectivity index (χ1) is 7.43. The van der Waals surface area contributed by atoms with Gasteiger partial charge in [0.05, 0.1) is 12.6 Å². The monoisotopic (exact) mass is 232 g/mol. The number of hydrogen-bond donors (Lipinski definition) is 3. The molecule has 0 rings (SSSR count). The number of ether oxygens (including phenoxy) is 1. The number of carboxylic acids is 1. The highest BCUT2D eigenvalue weighted by molar-refractivity contribution is 5.81. The molecule has 0 spiro atoms. The number of carbonyl (C=O) groups is 2. The number of nitrogens with one attached hydrogen (secondary N) is 1. The molecule has 0 aliphatic carbocycles. The minimum atomic E-state index is -1.03. The van der Waals surface area contributed by atoms with Crippen LogP contribution in [-0.2, 0) is 14.3 Å². The van der Waals surface area contributed by atoms with E-state index in [1.165, 1.54) is 0 Å². The topological polar surface area (TPSA) is 102 Å². The molecule has 1 amide bonds. The van der Waals surface area contributed by atoms with Gasteiger partial charge in [-0.2, -0.15) is 0 Å². The molecule has 0 aromatic carbocycles. The number of rotatable bonds is 8. The maximum Gasteiger partial charge on any atom is 0.329 e. The summed E-state index contributed by atoms with van der Waals surface area (Å²) in [6.45, 7) is 4.07. The number of amides is 1. The van der Waals surface area contributed by atoms with E-state index in [1.54, 1.807) is 0 Å². The first-order valence-electron chi connectivity index (χ1n) is 5.26. The van der Waals surface area contributed by atoms with Gasteiger partial charge < -0.3 is 20.9 Å². The van der Waals surface area contributed by atoms with E-state index in [-0.39, 0.29) is 25.7 Å². The van der Waals surface area contributed by atoms with Crippen molar-refractivity contribution < 1.29 is 19.4 Å². The fourth-order valence-corrected chi connectivity index (χ4v) is 1.15. The number of carboxylic acid groups (broad SMARTS) is 1. The zero-order valence-corrected chi connectivity index (χ0v) is 9.73. The zero-order chi connectivity index (χ0) is 12.6. The Hall–Kier alpha value is -1.14. The van der Waals surface area contributed by atoms with E-state index in [2.05, 4.69) is 5.32 Å². The van der Waals surface area contributed by atoms with E-state index in [9.17, 15) is 9.59 Å². The first-order valence-corrected chi connectivity index (χ1v) is 5.26. The predicted molar refractivity (Wildman–Crippen MR) is 58.9 cm³/mol. The molecule has 0 radical (unpaired) electrons. The summed E-state index contributed by atoms with van der Waals surface area (Å²) >= 11 is 0. The SMILES string of the molecule is CC(C)C[C@@H](N)C(=O)NCCOCC(=O)O. The quantitative estimate of drug-likeness (QED) is 0.493. The maximum absolute atomic E-state index is 11.4. The fraction of sp³-hybridized carbons (Fsp3) is 0.800. The van der Waals surface area contributed by atoms with Crippen LogP contribution in [0, 0.1) is 5.92 Å². The summed E-state index contributed by atoms with van der Waals surface area (Å²) in [5.74, 6) is -0.889. The van der Waals surface area contributed by atoms with Crippen molar-refractivity contribution in [2.24, 2.45) is 11.7 Å². The highest BCUT2D eigenvalue weighted by Crippen LogP contribution is 2.02. The van der Waals surface area contributed by atoms with Crippen LogP contribution < -0.4 is 11.1 Å². The minimum Gasteiger partial charge on any atom is -0.480 e. The molecule has 0 aromatic heterocycles. The standard InChI is InChI=1S/C10H20N2O4/c1-7(2)5-8(11)10(15)12-3-4-16-6-9(13)14/h7-8H,3-6,11H2,1-2H3,(H,12,15)(H,13,14)/t8-/m1/s1. The lowest BCUT2D eigenvalue weighted by Gasteiger charge is -2.13. The van der Waals surface area contributed by atoms with Gasteiger partial charge in [-0.1, -0.05) is 13.8 Å². The highest BCUT2D eigenvalue weighted by Gasteiger charge is 2.13. The smallest absolute Gasteiger partial charge is 0.329 e. The van der Waals surface area contributed by atoms with Crippen LogP contribution in [0.2, 0.25) is 0 Å². The number of hydrogen-bond acceptors (Lipinski definition) is 4. The molecule has 0 saturated heterocycles. The molecular formula is C10H20N2O4. The Kier molecular flexibility index (Phi) is 7.49. The van der Waals surface area contributed by atoms with Crippen molar-refractivity contribution in [2.75, 3.05) is 19.8 Å². The van der Waals surface area contributed by atoms with Crippen LogP contribution in [-0.4, -0.2) is 42.8 Å². The number of aliphatic carboxylic acids is 1. The first kappa shape index (κ1) is 14.9. The van der Waals surface area contributed by atoms with E-state index in [1.807, 2.05) is 13.8 Å². The molecular weight excluding hydrogens is 212 g/mol. The van der Waals surface area contributed by atoms with Crippen LogP contribution in [0.3, 0.4) is 0 Å². The molecule has 0 aliphatic rings. The van der Waals surface area contributed by atoms with Crippen molar-refractivity contribution in [3.63, 3.8) is 0 Å². The van der Waals surface area contributed by atoms with Crippen molar-refractivity contribution in [2.45, 2.75) is 26.3 Å². The zero-order valence-electron chi connectivity index (χ0n) is 9.73. The van der Waals surface area contributed by atoms with Gasteiger partial charge in [0.15, 0.2) is 0 Å². The van der Waals surface area contributed by atoms with Crippen LogP contribution in [0.5, 0.6) is 0 Å². The van der Waals surface area contributed by atoms with Gasteiger partial charge in [0, 0.05) is 6.54 Å². The molecule has 0 heterocycles. The van der Waals surface area contributed by atoms with E-state index in [0.29, 0.717) is 12.3 Å². The predicted octanol–water partition coefficient (Wildman–Crippen LogP) is -0.423. The average molecular weight is 232 g/mol. The Morgan fingerprint density at radius 2 is 2.06 bits per heavy atom. The van der Waals surface area contributed by atoms with Crippen molar-refractivity contribution in [1.29, 1.82) is 0 Å². The number of carbonyl (C=O) groups excluding carboxylic acids is 1. The van der Waals surface area contributed by atoms with E-state index >= 15 is 0 Å². The second kappa shape index (κ2) is 8.06. The maximum atomic E-state index is 11.4. The average Bonchev–Trinajstić information content (AvgIpc) is 2.15. The van der Waals surface area contributed by atoms with Gasteiger partial charge in [0.25, 0.3) is 0 Å². The van der Waals surface area contributed by atoms with Crippen LogP contribution in [0.25, 0.3) is 0 Å². The third-order valence-corrected chi connectivity index (χ3v) is 1.83. The summed E-state index contributed by atoms with van der Waals surface area (Å²) in [5.41, 5.74) is 5.63. The lowest BCUT2D eigenvalue weighted by molar-refractivity contribution is -0.142. The second-order valence-corrected chi connectivity index (χ2v) is 3.97. The molecule has 16 heavy (non-hydrogen) atoms. The molecule has 0 aromatic rings. The van der Waals surface area contributed by atoms with Gasteiger partial charge >= 0.3 is 5.97 Å². The van der Waals surface area contributed by atoms with Crippen molar-refractivity contribution >= 4 is 11.9 Å². The molecule has 6 nitrogen and oxygen atoms in total. The largest absolute Gasteiger partial charge is 0.480 e. The Bertz CT molecular complexity index is 231. The summed E-state index contributed by atoms with van der Waals surface area (Å²) in [5, 5.41) is 10.9. The third-order valence-electron chi connectivity index (χ3n) is 1.83. The van der Waals surface area contributed by atoms with Gasteiger partial charge in [-0.25, -0.2) is 4.79 Å². The van der Waals surface area contributed by atoms with Crippen LogP contribution in [0.1, 0.15) is 20.3 Å². The van der Waals surface area contributed by atoms with E-state index in [0.717, 1.165) is 0 Å². The third kappa shape index (κ3) is 8.19. The lowest BCUT2D eigenvalue weighted by Crippen LogP contribution is -2.42. The van der Waals surface area contributed by atoms with E-state index < -0.39 is 12.0 Å². The number of nitrogens with two attached hydrogens (primary N) is 1. The van der Waals surface area contributed by atoms with Crippen molar-refractivity contribution in [1.82, 2.24) is 5.32 Å². The Labute approximate surface area is 95.1 Å². The molecule has 6 heteroatoms. The van der Waals surface area contributed by atoms with Gasteiger partial charge in [0.1, 0.15) is 6.61 Å². The van der Waals surface area contributed by atoms with Gasteiger partial charge in [0.2, 0.25) is 5.91 Å².